The van der Waals surface area contributed by atoms with Crippen molar-refractivity contribution in [3.63, 3.8) is 0 Å². The molecule has 1 aliphatic carbocycles. The number of hydrogen-bond donors (Lipinski definition) is 0. The van der Waals surface area contributed by atoms with Crippen LogP contribution < -0.4 is 4.74 Å². The van der Waals surface area contributed by atoms with Gasteiger partial charge in [0.2, 0.25) is 0 Å². The van der Waals surface area contributed by atoms with Gasteiger partial charge in [-0.3, -0.25) is 0 Å². The van der Waals surface area contributed by atoms with E-state index in [-0.39, 0.29) is 0 Å². The van der Waals surface area contributed by atoms with Crippen molar-refractivity contribution in [3.05, 3.63) is 24.3 Å². The Kier molecular flexibility index (Phi) is 5.30. The van der Waals surface area contributed by atoms with E-state index in [9.17, 15) is 0 Å². The van der Waals surface area contributed by atoms with E-state index in [4.69, 9.17) is 4.74 Å². The molecule has 0 aromatic heterocycles. The third-order valence-electron chi connectivity index (χ3n) is 4.65. The molecule has 1 aliphatic heterocycles. The van der Waals surface area contributed by atoms with Crippen molar-refractivity contribution in [2.45, 2.75) is 56.3 Å². The van der Waals surface area contributed by atoms with Gasteiger partial charge in [-0.05, 0) is 62.3 Å². The first kappa shape index (κ1) is 14.3. The molecule has 1 saturated carbocycles. The molecule has 0 atom stereocenters. The van der Waals surface area contributed by atoms with Gasteiger partial charge in [0.1, 0.15) is 17.3 Å². The van der Waals surface area contributed by atoms with E-state index in [2.05, 4.69) is 24.3 Å². The Balaban J connectivity index is 1.50. The molecule has 1 aromatic carbocycles. The molecular formula is C18H27OS+. The van der Waals surface area contributed by atoms with E-state index in [0.717, 1.165) is 18.3 Å². The molecule has 1 saturated heterocycles. The Morgan fingerprint density at radius 3 is 2.20 bits per heavy atom. The van der Waals surface area contributed by atoms with E-state index in [1.807, 2.05) is 0 Å². The standard InChI is InChI=1S/C18H27OS/c1-3-7-16(8-4-1)15-19-17-9-11-18(12-10-17)20-13-5-2-6-14-20/h9-12,16H,1-8,13-15H2/q+1. The van der Waals surface area contributed by atoms with Crippen LogP contribution in [0.4, 0.5) is 0 Å². The normalized spacial score (nSPS) is 21.8. The van der Waals surface area contributed by atoms with E-state index >= 15 is 0 Å². The lowest BCUT2D eigenvalue weighted by atomic mass is 9.90. The molecule has 2 fully saturated rings. The largest absolute Gasteiger partial charge is 0.493 e. The van der Waals surface area contributed by atoms with Gasteiger partial charge in [-0.25, -0.2) is 0 Å². The molecule has 110 valence electrons. The van der Waals surface area contributed by atoms with Crippen LogP contribution in [0.25, 0.3) is 0 Å². The first-order valence-electron chi connectivity index (χ1n) is 8.32. The molecule has 1 aromatic rings. The van der Waals surface area contributed by atoms with Gasteiger partial charge >= 0.3 is 0 Å². The Morgan fingerprint density at radius 1 is 0.850 bits per heavy atom. The molecule has 0 N–H and O–H groups in total. The zero-order valence-corrected chi connectivity index (χ0v) is 13.3. The minimum atomic E-state index is 0.520. The molecule has 3 rings (SSSR count). The van der Waals surface area contributed by atoms with Crippen molar-refractivity contribution in [2.24, 2.45) is 5.92 Å². The summed E-state index contributed by atoms with van der Waals surface area (Å²) in [5.41, 5.74) is 0. The van der Waals surface area contributed by atoms with Crippen molar-refractivity contribution >= 4 is 10.9 Å². The van der Waals surface area contributed by atoms with Crippen LogP contribution >= 0.6 is 0 Å². The minimum Gasteiger partial charge on any atom is -0.493 e. The summed E-state index contributed by atoms with van der Waals surface area (Å²) in [6.45, 7) is 0.922. The smallest absolute Gasteiger partial charge is 0.155 e. The van der Waals surface area contributed by atoms with Crippen LogP contribution in [0.3, 0.4) is 0 Å². The van der Waals surface area contributed by atoms with E-state index in [1.165, 1.54) is 62.9 Å². The summed E-state index contributed by atoms with van der Waals surface area (Å²) in [7, 11) is 0.520. The Labute approximate surface area is 126 Å². The molecule has 0 spiro atoms. The van der Waals surface area contributed by atoms with Crippen LogP contribution in [0, 0.1) is 5.92 Å². The Hall–Kier alpha value is -0.630. The second-order valence-corrected chi connectivity index (χ2v) is 8.52. The van der Waals surface area contributed by atoms with Crippen molar-refractivity contribution in [2.75, 3.05) is 18.1 Å². The fraction of sp³-hybridized carbons (Fsp3) is 0.667. The van der Waals surface area contributed by atoms with Crippen LogP contribution in [0.1, 0.15) is 51.4 Å². The van der Waals surface area contributed by atoms with E-state index < -0.39 is 0 Å². The predicted octanol–water partition coefficient (Wildman–Crippen LogP) is 4.81. The lowest BCUT2D eigenvalue weighted by molar-refractivity contribution is 0.209. The monoisotopic (exact) mass is 291 g/mol. The quantitative estimate of drug-likeness (QED) is 0.724. The molecular weight excluding hydrogens is 264 g/mol. The molecule has 0 bridgehead atoms. The fourth-order valence-electron chi connectivity index (χ4n) is 3.36. The molecule has 20 heavy (non-hydrogen) atoms. The number of hydrogen-bond acceptors (Lipinski definition) is 1. The van der Waals surface area contributed by atoms with E-state index in [0.29, 0.717) is 10.9 Å². The SMILES string of the molecule is c1cc([S+]2CCCCC2)ccc1OCC1CCCCC1. The van der Waals surface area contributed by atoms with Crippen molar-refractivity contribution in [1.29, 1.82) is 0 Å². The summed E-state index contributed by atoms with van der Waals surface area (Å²) in [6, 6.07) is 9.01. The van der Waals surface area contributed by atoms with Gasteiger partial charge in [-0.2, -0.15) is 0 Å². The van der Waals surface area contributed by atoms with Crippen LogP contribution in [0.2, 0.25) is 0 Å². The van der Waals surface area contributed by atoms with Gasteiger partial charge in [0.15, 0.2) is 4.90 Å². The van der Waals surface area contributed by atoms with Crippen LogP contribution in [-0.4, -0.2) is 18.1 Å². The van der Waals surface area contributed by atoms with Crippen LogP contribution in [0.5, 0.6) is 5.75 Å². The van der Waals surface area contributed by atoms with Crippen molar-refractivity contribution < 1.29 is 4.74 Å². The van der Waals surface area contributed by atoms with Crippen molar-refractivity contribution in [1.82, 2.24) is 0 Å². The second kappa shape index (κ2) is 7.40. The summed E-state index contributed by atoms with van der Waals surface area (Å²) < 4.78 is 5.99. The number of benzene rings is 1. The lowest BCUT2D eigenvalue weighted by Crippen LogP contribution is -2.17. The second-order valence-electron chi connectivity index (χ2n) is 6.25. The van der Waals surface area contributed by atoms with Gasteiger partial charge in [0.05, 0.1) is 6.61 Å². The number of ether oxygens (including phenoxy) is 1. The molecule has 1 heterocycles. The highest BCUT2D eigenvalue weighted by Crippen LogP contribution is 2.26. The first-order chi connectivity index (χ1) is 9.92. The summed E-state index contributed by atoms with van der Waals surface area (Å²) >= 11 is 0. The molecule has 0 unspecified atom stereocenters. The Morgan fingerprint density at radius 2 is 1.50 bits per heavy atom. The summed E-state index contributed by atoms with van der Waals surface area (Å²) in [5, 5.41) is 0. The van der Waals surface area contributed by atoms with Gasteiger partial charge < -0.3 is 4.74 Å². The molecule has 0 amide bonds. The van der Waals surface area contributed by atoms with Crippen LogP contribution in [0.15, 0.2) is 29.2 Å². The molecule has 0 radical (unpaired) electrons. The third kappa shape index (κ3) is 3.94. The maximum atomic E-state index is 5.99. The molecule has 2 aliphatic rings. The van der Waals surface area contributed by atoms with Gasteiger partial charge in [-0.15, -0.1) is 0 Å². The average molecular weight is 291 g/mol. The van der Waals surface area contributed by atoms with E-state index in [1.54, 1.807) is 4.90 Å². The highest BCUT2D eigenvalue weighted by atomic mass is 32.2. The van der Waals surface area contributed by atoms with Gasteiger partial charge in [-0.1, -0.05) is 19.3 Å². The van der Waals surface area contributed by atoms with Gasteiger partial charge in [0.25, 0.3) is 0 Å². The zero-order chi connectivity index (χ0) is 13.6. The van der Waals surface area contributed by atoms with Gasteiger partial charge in [0, 0.05) is 10.9 Å². The molecule has 1 nitrogen and oxygen atoms in total. The molecule has 2 heteroatoms. The summed E-state index contributed by atoms with van der Waals surface area (Å²) in [4.78, 5) is 1.55. The highest BCUT2D eigenvalue weighted by molar-refractivity contribution is 7.96. The topological polar surface area (TPSA) is 9.23 Å². The first-order valence-corrected chi connectivity index (χ1v) is 9.88. The maximum Gasteiger partial charge on any atom is 0.155 e. The predicted molar refractivity (Wildman–Crippen MR) is 87.7 cm³/mol. The van der Waals surface area contributed by atoms with Crippen LogP contribution in [-0.2, 0) is 10.9 Å². The summed E-state index contributed by atoms with van der Waals surface area (Å²) in [5.74, 6) is 4.67. The average Bonchev–Trinajstić information content (AvgIpc) is 2.55. The lowest BCUT2D eigenvalue weighted by Gasteiger charge is -2.21. The van der Waals surface area contributed by atoms with Crippen molar-refractivity contribution in [3.8, 4) is 5.75 Å². The maximum absolute atomic E-state index is 5.99. The zero-order valence-electron chi connectivity index (χ0n) is 12.5. The Bertz CT molecular complexity index is 388. The fourth-order valence-corrected chi connectivity index (χ4v) is 5.67. The third-order valence-corrected chi connectivity index (χ3v) is 7.15. The summed E-state index contributed by atoms with van der Waals surface area (Å²) in [6.07, 6.45) is 11.2. The minimum absolute atomic E-state index is 0.520. The number of rotatable bonds is 4. The highest BCUT2D eigenvalue weighted by Gasteiger charge is 2.24.